The molecule has 0 saturated carbocycles. The summed E-state index contributed by atoms with van der Waals surface area (Å²) in [5, 5.41) is 0. The molecule has 416 valence electrons. The normalized spacial score (nSPS) is 12.8. The van der Waals surface area contributed by atoms with E-state index in [1.165, 1.54) is 193 Å². The molecule has 0 bridgehead atoms. The highest BCUT2D eigenvalue weighted by molar-refractivity contribution is 5.70. The number of unbranched alkanes of at least 4 members (excludes halogenated alkanes) is 32. The molecule has 5 nitrogen and oxygen atoms in total. The van der Waals surface area contributed by atoms with Gasteiger partial charge in [0.1, 0.15) is 6.61 Å². The maximum atomic E-state index is 12.9. The van der Waals surface area contributed by atoms with E-state index in [9.17, 15) is 9.59 Å². The first kappa shape index (κ1) is 69.1. The first-order valence-electron chi connectivity index (χ1n) is 31.1. The summed E-state index contributed by atoms with van der Waals surface area (Å²) in [4.78, 5) is 25.6. The summed E-state index contributed by atoms with van der Waals surface area (Å²) in [7, 11) is 0. The molecule has 0 aromatic rings. The van der Waals surface area contributed by atoms with Crippen LogP contribution in [0.15, 0.2) is 85.1 Å². The van der Waals surface area contributed by atoms with Crippen LogP contribution in [-0.2, 0) is 23.8 Å². The topological polar surface area (TPSA) is 61.8 Å². The third-order valence-corrected chi connectivity index (χ3v) is 13.4. The van der Waals surface area contributed by atoms with Gasteiger partial charge in [-0.3, -0.25) is 9.59 Å². The van der Waals surface area contributed by atoms with Crippen LogP contribution < -0.4 is 0 Å². The van der Waals surface area contributed by atoms with Crippen LogP contribution in [0.5, 0.6) is 0 Å². The minimum absolute atomic E-state index is 0.0612. The molecular formula is C67H118O5. The first-order chi connectivity index (χ1) is 35.6. The molecule has 0 radical (unpaired) electrons. The summed E-state index contributed by atoms with van der Waals surface area (Å²) < 4.78 is 17.5. The van der Waals surface area contributed by atoms with Gasteiger partial charge in [0.15, 0.2) is 6.10 Å². The standard InChI is InChI=1S/C67H118O5/c1-4-7-10-13-16-19-22-25-28-31-33-35-38-41-44-47-50-53-56-59-62-70-63-65(72-67(69)61-58-55-52-49-46-43-40-36-30-27-24-21-18-15-12-9-6-3)64-71-66(68)60-57-54-51-48-45-42-39-37-34-32-29-26-23-20-17-14-11-8-5-2/h7,10,16,19,25-26,28-29,33,35,41,44,50,53,65H,4-6,8-9,11-15,17-18,20-24,27,30-32,34,36-40,42-43,45-49,51-52,54-64H2,1-3H3/b10-7-,19-16-,28-25-,29-26-,35-33-,44-41-,53-50-. The zero-order valence-corrected chi connectivity index (χ0v) is 47.9. The Morgan fingerprint density at radius 3 is 1.01 bits per heavy atom. The smallest absolute Gasteiger partial charge is 0.306 e. The molecule has 0 aliphatic carbocycles. The van der Waals surface area contributed by atoms with Crippen molar-refractivity contribution in [2.45, 2.75) is 309 Å². The van der Waals surface area contributed by atoms with Crippen molar-refractivity contribution in [1.82, 2.24) is 0 Å². The minimum atomic E-state index is -0.570. The molecule has 0 aliphatic rings. The molecule has 0 aliphatic heterocycles. The lowest BCUT2D eigenvalue weighted by Gasteiger charge is -2.18. The second-order valence-electron chi connectivity index (χ2n) is 20.6. The predicted octanol–water partition coefficient (Wildman–Crippen LogP) is 21.6. The summed E-state index contributed by atoms with van der Waals surface area (Å²) in [6, 6.07) is 0. The molecule has 0 spiro atoms. The lowest BCUT2D eigenvalue weighted by molar-refractivity contribution is -0.163. The average molecular weight is 1000 g/mol. The molecule has 0 heterocycles. The summed E-state index contributed by atoms with van der Waals surface area (Å²) in [6.45, 7) is 7.61. The molecule has 0 saturated heterocycles. The maximum absolute atomic E-state index is 12.9. The van der Waals surface area contributed by atoms with Crippen molar-refractivity contribution in [2.75, 3.05) is 19.8 Å². The quantitative estimate of drug-likeness (QED) is 0.0345. The third-order valence-electron chi connectivity index (χ3n) is 13.4. The van der Waals surface area contributed by atoms with Crippen molar-refractivity contribution < 1.29 is 23.8 Å². The molecule has 5 heteroatoms. The van der Waals surface area contributed by atoms with Crippen molar-refractivity contribution in [3.8, 4) is 0 Å². The summed E-state index contributed by atoms with van der Waals surface area (Å²) in [5.41, 5.74) is 0. The third kappa shape index (κ3) is 59.6. The van der Waals surface area contributed by atoms with Gasteiger partial charge in [-0.05, 0) is 89.9 Å². The number of hydrogen-bond acceptors (Lipinski definition) is 5. The Balaban J connectivity index is 4.36. The van der Waals surface area contributed by atoms with Gasteiger partial charge in [0, 0.05) is 19.4 Å². The summed E-state index contributed by atoms with van der Waals surface area (Å²) in [6.07, 6.45) is 83.4. The number of carbonyl (C=O) groups is 2. The van der Waals surface area contributed by atoms with Gasteiger partial charge in [0.25, 0.3) is 0 Å². The molecule has 0 amide bonds. The van der Waals surface area contributed by atoms with E-state index in [0.717, 1.165) is 77.0 Å². The lowest BCUT2D eigenvalue weighted by atomic mass is 10.0. The Morgan fingerprint density at radius 1 is 0.319 bits per heavy atom. The van der Waals surface area contributed by atoms with E-state index >= 15 is 0 Å². The van der Waals surface area contributed by atoms with Gasteiger partial charge in [-0.25, -0.2) is 0 Å². The van der Waals surface area contributed by atoms with E-state index < -0.39 is 6.10 Å². The number of rotatable bonds is 57. The summed E-state index contributed by atoms with van der Waals surface area (Å²) in [5.74, 6) is -0.419. The predicted molar refractivity (Wildman–Crippen MR) is 316 cm³/mol. The number of carbonyl (C=O) groups excluding carboxylic acids is 2. The van der Waals surface area contributed by atoms with Crippen LogP contribution in [0, 0.1) is 0 Å². The van der Waals surface area contributed by atoms with Gasteiger partial charge >= 0.3 is 11.9 Å². The zero-order valence-electron chi connectivity index (χ0n) is 47.9. The maximum Gasteiger partial charge on any atom is 0.306 e. The van der Waals surface area contributed by atoms with Gasteiger partial charge in [0.2, 0.25) is 0 Å². The second kappa shape index (κ2) is 62.4. The van der Waals surface area contributed by atoms with E-state index in [1.54, 1.807) is 0 Å². The van der Waals surface area contributed by atoms with Crippen LogP contribution in [0.4, 0.5) is 0 Å². The van der Waals surface area contributed by atoms with Gasteiger partial charge in [-0.2, -0.15) is 0 Å². The molecule has 72 heavy (non-hydrogen) atoms. The minimum Gasteiger partial charge on any atom is -0.462 e. The van der Waals surface area contributed by atoms with E-state index in [4.69, 9.17) is 14.2 Å². The van der Waals surface area contributed by atoms with Gasteiger partial charge in [-0.15, -0.1) is 0 Å². The van der Waals surface area contributed by atoms with Crippen molar-refractivity contribution >= 4 is 11.9 Å². The van der Waals surface area contributed by atoms with Crippen LogP contribution in [0.1, 0.15) is 303 Å². The van der Waals surface area contributed by atoms with Crippen molar-refractivity contribution in [2.24, 2.45) is 0 Å². The highest BCUT2D eigenvalue weighted by Crippen LogP contribution is 2.16. The number of esters is 2. The van der Waals surface area contributed by atoms with E-state index in [0.29, 0.717) is 19.4 Å². The van der Waals surface area contributed by atoms with Crippen LogP contribution in [0.3, 0.4) is 0 Å². The Kier molecular flexibility index (Phi) is 59.8. The van der Waals surface area contributed by atoms with Crippen LogP contribution in [0.25, 0.3) is 0 Å². The zero-order chi connectivity index (χ0) is 52.0. The molecule has 0 aromatic carbocycles. The molecule has 0 aromatic heterocycles. The van der Waals surface area contributed by atoms with Gasteiger partial charge < -0.3 is 14.2 Å². The Hall–Kier alpha value is -2.92. The number of ether oxygens (including phenoxy) is 3. The number of hydrogen-bond donors (Lipinski definition) is 0. The Bertz CT molecular complexity index is 1320. The second-order valence-corrected chi connectivity index (χ2v) is 20.6. The van der Waals surface area contributed by atoms with E-state index in [1.807, 2.05) is 0 Å². The largest absolute Gasteiger partial charge is 0.462 e. The SMILES string of the molecule is CC/C=C\C/C=C\C/C=C\C/C=C\C/C=C\C/C=C\CCCOCC(COC(=O)CCCCCCCCCCC/C=C\CCCCCCCC)OC(=O)CCCCCCCCCCCCCCCCCCC. The monoisotopic (exact) mass is 1000 g/mol. The van der Waals surface area contributed by atoms with Crippen LogP contribution in [0.2, 0.25) is 0 Å². The van der Waals surface area contributed by atoms with Crippen molar-refractivity contribution in [3.05, 3.63) is 85.1 Å². The Morgan fingerprint density at radius 2 is 0.625 bits per heavy atom. The molecule has 1 unspecified atom stereocenters. The molecule has 1 atom stereocenters. The fourth-order valence-electron chi connectivity index (χ4n) is 8.82. The highest BCUT2D eigenvalue weighted by atomic mass is 16.6. The molecule has 0 N–H and O–H groups in total. The van der Waals surface area contributed by atoms with Crippen LogP contribution in [-0.4, -0.2) is 37.9 Å². The molecule has 0 fully saturated rings. The lowest BCUT2D eigenvalue weighted by Crippen LogP contribution is -2.30. The van der Waals surface area contributed by atoms with Gasteiger partial charge in [0.05, 0.1) is 6.61 Å². The fraction of sp³-hybridized carbons (Fsp3) is 0.761. The van der Waals surface area contributed by atoms with E-state index in [-0.39, 0.29) is 25.2 Å². The highest BCUT2D eigenvalue weighted by Gasteiger charge is 2.17. The van der Waals surface area contributed by atoms with Crippen molar-refractivity contribution in [3.63, 3.8) is 0 Å². The van der Waals surface area contributed by atoms with Crippen molar-refractivity contribution in [1.29, 1.82) is 0 Å². The molecular weight excluding hydrogens is 885 g/mol. The van der Waals surface area contributed by atoms with Crippen LogP contribution >= 0.6 is 0 Å². The summed E-state index contributed by atoms with van der Waals surface area (Å²) >= 11 is 0. The fourth-order valence-corrected chi connectivity index (χ4v) is 8.82. The average Bonchev–Trinajstić information content (AvgIpc) is 3.38. The van der Waals surface area contributed by atoms with Gasteiger partial charge in [-0.1, -0.05) is 286 Å². The first-order valence-corrected chi connectivity index (χ1v) is 31.1. The number of allylic oxidation sites excluding steroid dienone is 14. The molecule has 0 rings (SSSR count). The van der Waals surface area contributed by atoms with E-state index in [2.05, 4.69) is 106 Å². The Labute approximate surface area is 448 Å².